The van der Waals surface area contributed by atoms with E-state index in [-0.39, 0.29) is 12.5 Å². The number of hydrogen-bond acceptors (Lipinski definition) is 5. The van der Waals surface area contributed by atoms with Crippen LogP contribution in [0, 0.1) is 5.41 Å². The number of aliphatic hydroxyl groups is 1. The third-order valence-corrected chi connectivity index (χ3v) is 1.62. The van der Waals surface area contributed by atoms with Crippen molar-refractivity contribution < 1.29 is 29.7 Å². The van der Waals surface area contributed by atoms with E-state index in [9.17, 15) is 4.79 Å². The van der Waals surface area contributed by atoms with E-state index >= 15 is 0 Å². The summed E-state index contributed by atoms with van der Waals surface area (Å²) in [6, 6.07) is 0. The molecule has 0 aliphatic carbocycles. The minimum absolute atomic E-state index is 0.149. The van der Waals surface area contributed by atoms with Crippen LogP contribution in [0.25, 0.3) is 0 Å². The molecule has 100 valence electrons. The van der Waals surface area contributed by atoms with Gasteiger partial charge in [-0.1, -0.05) is 0 Å². The molecule has 0 atom stereocenters. The molecule has 0 bridgehead atoms. The molecule has 0 aromatic carbocycles. The Balaban J connectivity index is 0. The van der Waals surface area contributed by atoms with Crippen LogP contribution in [0.15, 0.2) is 0 Å². The normalized spacial score (nSPS) is 9.88. The molecule has 0 saturated heterocycles. The Morgan fingerprint density at radius 2 is 1.59 bits per heavy atom. The minimum atomic E-state index is -1.82. The smallest absolute Gasteiger partial charge is 0.414 e. The van der Waals surface area contributed by atoms with E-state index in [1.54, 1.807) is 13.8 Å². The van der Waals surface area contributed by atoms with Gasteiger partial charge in [0.05, 0.1) is 12.0 Å². The fraction of sp³-hybridized carbons (Fsp3) is 0.667. The molecule has 0 aliphatic rings. The SMILES string of the molecule is CC(C)(CO)C(=O)NCCN.O=C(O)C(=O)O. The van der Waals surface area contributed by atoms with Crippen molar-refractivity contribution in [2.75, 3.05) is 19.7 Å². The summed E-state index contributed by atoms with van der Waals surface area (Å²) in [4.78, 5) is 29.3. The van der Waals surface area contributed by atoms with Crippen LogP contribution in [-0.4, -0.2) is 52.9 Å². The third-order valence-electron chi connectivity index (χ3n) is 1.62. The number of carbonyl (C=O) groups is 3. The van der Waals surface area contributed by atoms with Crippen molar-refractivity contribution in [2.45, 2.75) is 13.8 Å². The van der Waals surface area contributed by atoms with Crippen molar-refractivity contribution in [1.29, 1.82) is 0 Å². The van der Waals surface area contributed by atoms with E-state index in [1.807, 2.05) is 0 Å². The maximum Gasteiger partial charge on any atom is 0.414 e. The highest BCUT2D eigenvalue weighted by Gasteiger charge is 2.25. The van der Waals surface area contributed by atoms with Gasteiger partial charge in [0.15, 0.2) is 0 Å². The number of aliphatic carboxylic acids is 2. The summed E-state index contributed by atoms with van der Waals surface area (Å²) in [6.07, 6.45) is 0. The lowest BCUT2D eigenvalue weighted by Gasteiger charge is -2.19. The summed E-state index contributed by atoms with van der Waals surface area (Å²) in [5.41, 5.74) is 4.49. The standard InChI is InChI=1S/C7H16N2O2.C2H2O4/c1-7(2,5-10)6(11)9-4-3-8;3-1(4)2(5)6/h10H,3-5,8H2,1-2H3,(H,9,11);(H,3,4)(H,5,6). The number of carbonyl (C=O) groups excluding carboxylic acids is 1. The van der Waals surface area contributed by atoms with Crippen LogP contribution < -0.4 is 11.1 Å². The summed E-state index contributed by atoms with van der Waals surface area (Å²) in [6.45, 7) is 4.09. The van der Waals surface area contributed by atoms with Crippen LogP contribution in [0.3, 0.4) is 0 Å². The monoisotopic (exact) mass is 250 g/mol. The molecule has 0 heterocycles. The fourth-order valence-corrected chi connectivity index (χ4v) is 0.497. The maximum atomic E-state index is 11.1. The van der Waals surface area contributed by atoms with Crippen molar-refractivity contribution in [1.82, 2.24) is 5.32 Å². The predicted octanol–water partition coefficient (Wildman–Crippen LogP) is -1.76. The summed E-state index contributed by atoms with van der Waals surface area (Å²) >= 11 is 0. The largest absolute Gasteiger partial charge is 0.473 e. The fourth-order valence-electron chi connectivity index (χ4n) is 0.497. The molecule has 8 heteroatoms. The van der Waals surface area contributed by atoms with E-state index in [4.69, 9.17) is 30.6 Å². The Morgan fingerprint density at radius 1 is 1.18 bits per heavy atom. The highest BCUT2D eigenvalue weighted by Crippen LogP contribution is 2.12. The number of carboxylic acid groups (broad SMARTS) is 2. The number of hydrogen-bond donors (Lipinski definition) is 5. The number of carboxylic acids is 2. The number of nitrogens with two attached hydrogens (primary N) is 1. The molecule has 8 nitrogen and oxygen atoms in total. The van der Waals surface area contributed by atoms with Crippen LogP contribution in [-0.2, 0) is 14.4 Å². The molecular formula is C9H18N2O6. The molecule has 0 fully saturated rings. The molecule has 0 aromatic rings. The number of nitrogens with one attached hydrogen (secondary N) is 1. The highest BCUT2D eigenvalue weighted by atomic mass is 16.4. The van der Waals surface area contributed by atoms with E-state index in [1.165, 1.54) is 0 Å². The van der Waals surface area contributed by atoms with Gasteiger partial charge in [0.1, 0.15) is 0 Å². The van der Waals surface area contributed by atoms with Crippen LogP contribution in [0.5, 0.6) is 0 Å². The van der Waals surface area contributed by atoms with Gasteiger partial charge in [-0.15, -0.1) is 0 Å². The van der Waals surface area contributed by atoms with E-state index in [0.29, 0.717) is 13.1 Å². The summed E-state index contributed by atoms with van der Waals surface area (Å²) in [5.74, 6) is -3.81. The first-order valence-electron chi connectivity index (χ1n) is 4.74. The second-order valence-corrected chi connectivity index (χ2v) is 3.70. The van der Waals surface area contributed by atoms with Gasteiger partial charge in [-0.2, -0.15) is 0 Å². The first-order valence-corrected chi connectivity index (χ1v) is 4.74. The molecule has 0 aromatic heterocycles. The molecule has 0 aliphatic heterocycles. The van der Waals surface area contributed by atoms with Crippen LogP contribution >= 0.6 is 0 Å². The zero-order chi connectivity index (χ0) is 14.1. The van der Waals surface area contributed by atoms with Gasteiger partial charge in [-0.05, 0) is 13.8 Å². The zero-order valence-electron chi connectivity index (χ0n) is 9.77. The second kappa shape index (κ2) is 8.48. The van der Waals surface area contributed by atoms with Crippen molar-refractivity contribution in [2.24, 2.45) is 11.1 Å². The van der Waals surface area contributed by atoms with Crippen molar-refractivity contribution in [3.63, 3.8) is 0 Å². The Morgan fingerprint density at radius 3 is 1.82 bits per heavy atom. The van der Waals surface area contributed by atoms with E-state index < -0.39 is 17.4 Å². The quantitative estimate of drug-likeness (QED) is 0.371. The molecular weight excluding hydrogens is 232 g/mol. The summed E-state index contributed by atoms with van der Waals surface area (Å²) < 4.78 is 0. The number of aliphatic hydroxyl groups excluding tert-OH is 1. The Hall–Kier alpha value is -1.67. The van der Waals surface area contributed by atoms with Gasteiger partial charge in [0, 0.05) is 13.1 Å². The second-order valence-electron chi connectivity index (χ2n) is 3.70. The van der Waals surface area contributed by atoms with E-state index in [2.05, 4.69) is 5.32 Å². The van der Waals surface area contributed by atoms with Gasteiger partial charge in [-0.25, -0.2) is 9.59 Å². The third kappa shape index (κ3) is 9.27. The van der Waals surface area contributed by atoms with E-state index in [0.717, 1.165) is 0 Å². The van der Waals surface area contributed by atoms with Gasteiger partial charge < -0.3 is 26.4 Å². The Bertz CT molecular complexity index is 265. The number of amides is 1. The number of rotatable bonds is 4. The van der Waals surface area contributed by atoms with Crippen molar-refractivity contribution in [3.8, 4) is 0 Å². The van der Waals surface area contributed by atoms with Crippen LogP contribution in [0.1, 0.15) is 13.8 Å². The average molecular weight is 250 g/mol. The first-order chi connectivity index (χ1) is 7.68. The average Bonchev–Trinajstić information content (AvgIpc) is 2.26. The molecule has 0 radical (unpaired) electrons. The van der Waals surface area contributed by atoms with Gasteiger partial charge in [-0.3, -0.25) is 4.79 Å². The molecule has 1 amide bonds. The van der Waals surface area contributed by atoms with Crippen molar-refractivity contribution in [3.05, 3.63) is 0 Å². The van der Waals surface area contributed by atoms with Crippen molar-refractivity contribution >= 4 is 17.8 Å². The molecule has 0 saturated carbocycles. The lowest BCUT2D eigenvalue weighted by molar-refractivity contribution is -0.159. The van der Waals surface area contributed by atoms with Crippen LogP contribution in [0.4, 0.5) is 0 Å². The maximum absolute atomic E-state index is 11.1. The van der Waals surface area contributed by atoms with Gasteiger partial charge in [0.2, 0.25) is 5.91 Å². The Kier molecular flexibility index (Phi) is 8.84. The molecule has 0 spiro atoms. The summed E-state index contributed by atoms with van der Waals surface area (Å²) in [5, 5.41) is 26.2. The molecule has 0 rings (SSSR count). The molecule has 6 N–H and O–H groups in total. The predicted molar refractivity (Wildman–Crippen MR) is 58.2 cm³/mol. The Labute approximate surface area is 98.4 Å². The van der Waals surface area contributed by atoms with Gasteiger partial charge in [0.25, 0.3) is 0 Å². The highest BCUT2D eigenvalue weighted by molar-refractivity contribution is 6.27. The lowest BCUT2D eigenvalue weighted by Crippen LogP contribution is -2.41. The zero-order valence-corrected chi connectivity index (χ0v) is 9.77. The first kappa shape index (κ1) is 17.7. The summed E-state index contributed by atoms with van der Waals surface area (Å²) in [7, 11) is 0. The topological polar surface area (TPSA) is 150 Å². The lowest BCUT2D eigenvalue weighted by atomic mass is 9.94. The molecule has 17 heavy (non-hydrogen) atoms. The van der Waals surface area contributed by atoms with Gasteiger partial charge >= 0.3 is 11.9 Å². The molecule has 0 unspecified atom stereocenters. The van der Waals surface area contributed by atoms with Crippen LogP contribution in [0.2, 0.25) is 0 Å². The minimum Gasteiger partial charge on any atom is -0.473 e.